The maximum Gasteiger partial charge on any atom is 0.312 e. The molecule has 2 aromatic rings. The summed E-state index contributed by atoms with van der Waals surface area (Å²) < 4.78 is 1.60. The largest absolute Gasteiger partial charge is 0.355 e. The minimum absolute atomic E-state index is 0.0528. The number of rotatable bonds is 4. The number of amides is 1. The fourth-order valence-corrected chi connectivity index (χ4v) is 2.18. The second-order valence-corrected chi connectivity index (χ2v) is 4.71. The lowest BCUT2D eigenvalue weighted by atomic mass is 10.1. The molecule has 2 rings (SSSR count). The van der Waals surface area contributed by atoms with Crippen LogP contribution in [0.1, 0.15) is 27.3 Å². The molecule has 0 aliphatic heterocycles. The van der Waals surface area contributed by atoms with Gasteiger partial charge >= 0.3 is 5.69 Å². The van der Waals surface area contributed by atoms with Crippen molar-refractivity contribution in [2.75, 3.05) is 7.05 Å². The molecule has 7 heteroatoms. The Balaban J connectivity index is 2.25. The predicted octanol–water partition coefficient (Wildman–Crippen LogP) is 1.82. The van der Waals surface area contributed by atoms with E-state index < -0.39 is 4.92 Å². The second kappa shape index (κ2) is 5.74. The van der Waals surface area contributed by atoms with Crippen LogP contribution in [-0.2, 0) is 6.54 Å². The van der Waals surface area contributed by atoms with E-state index in [2.05, 4.69) is 10.4 Å². The van der Waals surface area contributed by atoms with Crippen LogP contribution in [0.4, 0.5) is 5.69 Å². The fraction of sp³-hybridized carbons (Fsp3) is 0.286. The number of hydrogen-bond acceptors (Lipinski definition) is 4. The summed E-state index contributed by atoms with van der Waals surface area (Å²) >= 11 is 0. The molecule has 110 valence electrons. The van der Waals surface area contributed by atoms with Gasteiger partial charge in [0.2, 0.25) is 0 Å². The summed E-state index contributed by atoms with van der Waals surface area (Å²) in [5, 5.41) is 17.7. The number of nitro groups is 1. The average molecular weight is 288 g/mol. The molecular weight excluding hydrogens is 272 g/mol. The number of carbonyl (C=O) groups excluding carboxylic acids is 1. The number of benzene rings is 1. The maximum absolute atomic E-state index is 11.5. The zero-order valence-corrected chi connectivity index (χ0v) is 12.1. The Hall–Kier alpha value is -2.70. The Kier molecular flexibility index (Phi) is 4.02. The molecule has 0 saturated carbocycles. The van der Waals surface area contributed by atoms with Crippen molar-refractivity contribution in [2.24, 2.45) is 0 Å². The molecule has 1 N–H and O–H groups in total. The minimum atomic E-state index is -0.414. The van der Waals surface area contributed by atoms with Gasteiger partial charge in [0.1, 0.15) is 11.4 Å². The highest BCUT2D eigenvalue weighted by Gasteiger charge is 2.21. The van der Waals surface area contributed by atoms with E-state index in [4.69, 9.17) is 0 Å². The molecular formula is C14H16N4O3. The molecule has 0 aliphatic rings. The minimum Gasteiger partial charge on any atom is -0.355 e. The van der Waals surface area contributed by atoms with Crippen LogP contribution >= 0.6 is 0 Å². The number of hydrogen-bond donors (Lipinski definition) is 1. The van der Waals surface area contributed by atoms with Gasteiger partial charge in [-0.2, -0.15) is 5.10 Å². The quantitative estimate of drug-likeness (QED) is 0.686. The first-order chi connectivity index (χ1) is 9.93. The van der Waals surface area contributed by atoms with Crippen molar-refractivity contribution in [3.05, 3.63) is 56.9 Å². The molecule has 0 radical (unpaired) electrons. The molecule has 1 amide bonds. The summed E-state index contributed by atoms with van der Waals surface area (Å²) in [6.45, 7) is 3.72. The molecule has 0 unspecified atom stereocenters. The smallest absolute Gasteiger partial charge is 0.312 e. The van der Waals surface area contributed by atoms with E-state index in [0.717, 1.165) is 5.56 Å². The van der Waals surface area contributed by atoms with Crippen LogP contribution < -0.4 is 5.32 Å². The summed E-state index contributed by atoms with van der Waals surface area (Å²) in [6, 6.07) is 7.06. The Bertz CT molecular complexity index is 689. The SMILES string of the molecule is CNC(=O)c1ccc(Cn2nc(C)c([N+](=O)[O-])c2C)cc1. The lowest BCUT2D eigenvalue weighted by molar-refractivity contribution is -0.386. The van der Waals surface area contributed by atoms with Gasteiger partial charge in [0, 0.05) is 12.6 Å². The van der Waals surface area contributed by atoms with Crippen LogP contribution in [0.3, 0.4) is 0 Å². The standard InChI is InChI=1S/C14H16N4O3/c1-9-13(18(20)21)10(2)17(16-9)8-11-4-6-12(7-5-11)14(19)15-3/h4-7H,8H2,1-3H3,(H,15,19). The van der Waals surface area contributed by atoms with Gasteiger partial charge in [-0.25, -0.2) is 0 Å². The zero-order valence-electron chi connectivity index (χ0n) is 12.1. The Morgan fingerprint density at radius 1 is 1.33 bits per heavy atom. The number of nitrogens with zero attached hydrogens (tertiary/aromatic N) is 3. The van der Waals surface area contributed by atoms with Crippen molar-refractivity contribution < 1.29 is 9.72 Å². The molecule has 1 aromatic heterocycles. The van der Waals surface area contributed by atoms with Gasteiger partial charge in [-0.3, -0.25) is 19.6 Å². The molecule has 0 aliphatic carbocycles. The lowest BCUT2D eigenvalue weighted by Crippen LogP contribution is -2.17. The lowest BCUT2D eigenvalue weighted by Gasteiger charge is -2.05. The topological polar surface area (TPSA) is 90.1 Å². The molecule has 0 atom stereocenters. The normalized spacial score (nSPS) is 10.4. The highest BCUT2D eigenvalue weighted by atomic mass is 16.6. The molecule has 21 heavy (non-hydrogen) atoms. The van der Waals surface area contributed by atoms with Crippen molar-refractivity contribution >= 4 is 11.6 Å². The van der Waals surface area contributed by atoms with Gasteiger partial charge < -0.3 is 5.32 Å². The van der Waals surface area contributed by atoms with Gasteiger partial charge in [0.25, 0.3) is 5.91 Å². The average Bonchev–Trinajstić information content (AvgIpc) is 2.73. The molecule has 1 heterocycles. The van der Waals surface area contributed by atoms with E-state index in [-0.39, 0.29) is 11.6 Å². The van der Waals surface area contributed by atoms with Gasteiger partial charge in [-0.1, -0.05) is 12.1 Å². The van der Waals surface area contributed by atoms with Gasteiger partial charge in [-0.15, -0.1) is 0 Å². The molecule has 0 saturated heterocycles. The Labute approximate surface area is 121 Å². The summed E-state index contributed by atoms with van der Waals surface area (Å²) in [7, 11) is 1.57. The van der Waals surface area contributed by atoms with Gasteiger partial charge in [0.05, 0.1) is 11.5 Å². The second-order valence-electron chi connectivity index (χ2n) is 4.71. The van der Waals surface area contributed by atoms with Crippen molar-refractivity contribution in [1.82, 2.24) is 15.1 Å². The van der Waals surface area contributed by atoms with E-state index in [1.54, 1.807) is 37.7 Å². The first-order valence-corrected chi connectivity index (χ1v) is 6.43. The van der Waals surface area contributed by atoms with Crippen molar-refractivity contribution in [1.29, 1.82) is 0 Å². The molecule has 1 aromatic carbocycles. The third-order valence-electron chi connectivity index (χ3n) is 3.30. The molecule has 7 nitrogen and oxygen atoms in total. The van der Waals surface area contributed by atoms with Crippen LogP contribution in [0.5, 0.6) is 0 Å². The van der Waals surface area contributed by atoms with Crippen molar-refractivity contribution in [3.8, 4) is 0 Å². The number of carbonyl (C=O) groups is 1. The summed E-state index contributed by atoms with van der Waals surface area (Å²) in [4.78, 5) is 22.0. The van der Waals surface area contributed by atoms with E-state index in [0.29, 0.717) is 23.5 Å². The van der Waals surface area contributed by atoms with Crippen LogP contribution in [0.2, 0.25) is 0 Å². The van der Waals surface area contributed by atoms with Gasteiger partial charge in [0.15, 0.2) is 0 Å². The monoisotopic (exact) mass is 288 g/mol. The number of aromatic nitrogens is 2. The van der Waals surface area contributed by atoms with Crippen molar-refractivity contribution in [3.63, 3.8) is 0 Å². The maximum atomic E-state index is 11.5. The summed E-state index contributed by atoms with van der Waals surface area (Å²) in [6.07, 6.45) is 0. The van der Waals surface area contributed by atoms with E-state index in [1.807, 2.05) is 12.1 Å². The first-order valence-electron chi connectivity index (χ1n) is 6.43. The van der Waals surface area contributed by atoms with Crippen LogP contribution in [-0.4, -0.2) is 27.7 Å². The van der Waals surface area contributed by atoms with E-state index in [9.17, 15) is 14.9 Å². The third kappa shape index (κ3) is 2.91. The van der Waals surface area contributed by atoms with E-state index >= 15 is 0 Å². The van der Waals surface area contributed by atoms with E-state index in [1.165, 1.54) is 0 Å². The highest BCUT2D eigenvalue weighted by molar-refractivity contribution is 5.93. The number of nitrogens with one attached hydrogen (secondary N) is 1. The summed E-state index contributed by atoms with van der Waals surface area (Å²) in [5.41, 5.74) is 2.47. The van der Waals surface area contributed by atoms with Gasteiger partial charge in [-0.05, 0) is 31.5 Å². The van der Waals surface area contributed by atoms with Crippen LogP contribution in [0, 0.1) is 24.0 Å². The number of aryl methyl sites for hydroxylation is 1. The predicted molar refractivity (Wildman–Crippen MR) is 77.3 cm³/mol. The van der Waals surface area contributed by atoms with Crippen LogP contribution in [0.25, 0.3) is 0 Å². The third-order valence-corrected chi connectivity index (χ3v) is 3.30. The van der Waals surface area contributed by atoms with Crippen molar-refractivity contribution in [2.45, 2.75) is 20.4 Å². The van der Waals surface area contributed by atoms with Crippen LogP contribution in [0.15, 0.2) is 24.3 Å². The highest BCUT2D eigenvalue weighted by Crippen LogP contribution is 2.22. The molecule has 0 spiro atoms. The Morgan fingerprint density at radius 3 is 2.43 bits per heavy atom. The molecule has 0 fully saturated rings. The zero-order chi connectivity index (χ0) is 15.6. The fourth-order valence-electron chi connectivity index (χ4n) is 2.18. The Morgan fingerprint density at radius 2 is 1.95 bits per heavy atom. The molecule has 0 bridgehead atoms. The summed E-state index contributed by atoms with van der Waals surface area (Å²) in [5.74, 6) is -0.150. The first kappa shape index (κ1) is 14.7.